The summed E-state index contributed by atoms with van der Waals surface area (Å²) >= 11 is 0. The predicted molar refractivity (Wildman–Crippen MR) is 69.6 cm³/mol. The molecule has 4 heteroatoms. The first kappa shape index (κ1) is 13.5. The van der Waals surface area contributed by atoms with Crippen LogP contribution < -0.4 is 5.73 Å². The Morgan fingerprint density at radius 3 is 3.00 bits per heavy atom. The fraction of sp³-hybridized carbons (Fsp3) is 0.571. The summed E-state index contributed by atoms with van der Waals surface area (Å²) in [6, 6.07) is 4.86. The molecule has 1 atom stereocenters. The number of hydrogen-bond donors (Lipinski definition) is 1. The van der Waals surface area contributed by atoms with E-state index >= 15 is 0 Å². The number of hydrogen-bond acceptors (Lipinski definition) is 3. The molecule has 1 saturated heterocycles. The number of methoxy groups -OCH3 is 1. The molecule has 0 amide bonds. The van der Waals surface area contributed by atoms with E-state index in [0.29, 0.717) is 12.5 Å². The van der Waals surface area contributed by atoms with Crippen LogP contribution in [0, 0.1) is 11.7 Å². The Morgan fingerprint density at radius 2 is 2.28 bits per heavy atom. The Kier molecular flexibility index (Phi) is 4.69. The van der Waals surface area contributed by atoms with E-state index in [0.717, 1.165) is 43.8 Å². The van der Waals surface area contributed by atoms with Gasteiger partial charge in [0, 0.05) is 26.7 Å². The first-order chi connectivity index (χ1) is 8.72. The lowest BCUT2D eigenvalue weighted by atomic mass is 10.1. The van der Waals surface area contributed by atoms with Gasteiger partial charge in [0.15, 0.2) is 0 Å². The summed E-state index contributed by atoms with van der Waals surface area (Å²) in [6.45, 7) is 4.13. The van der Waals surface area contributed by atoms with Crippen LogP contribution in [-0.2, 0) is 17.8 Å². The van der Waals surface area contributed by atoms with Gasteiger partial charge in [-0.3, -0.25) is 4.90 Å². The summed E-state index contributed by atoms with van der Waals surface area (Å²) in [6.07, 6.45) is 1.15. The van der Waals surface area contributed by atoms with E-state index in [1.807, 2.05) is 0 Å². The number of halogens is 1. The van der Waals surface area contributed by atoms with Crippen LogP contribution in [0.3, 0.4) is 0 Å². The molecule has 3 nitrogen and oxygen atoms in total. The highest BCUT2D eigenvalue weighted by atomic mass is 19.1. The van der Waals surface area contributed by atoms with Crippen molar-refractivity contribution in [2.24, 2.45) is 11.7 Å². The van der Waals surface area contributed by atoms with Gasteiger partial charge in [-0.05, 0) is 42.1 Å². The van der Waals surface area contributed by atoms with E-state index in [9.17, 15) is 4.39 Å². The average Bonchev–Trinajstić information content (AvgIpc) is 2.77. The maximum Gasteiger partial charge on any atom is 0.123 e. The maximum absolute atomic E-state index is 13.3. The summed E-state index contributed by atoms with van der Waals surface area (Å²) in [4.78, 5) is 2.34. The van der Waals surface area contributed by atoms with Gasteiger partial charge >= 0.3 is 0 Å². The largest absolute Gasteiger partial charge is 0.384 e. The smallest absolute Gasteiger partial charge is 0.123 e. The molecule has 18 heavy (non-hydrogen) atoms. The Labute approximate surface area is 108 Å². The Hall–Kier alpha value is -0.970. The first-order valence-corrected chi connectivity index (χ1v) is 6.41. The summed E-state index contributed by atoms with van der Waals surface area (Å²) in [5, 5.41) is 0. The van der Waals surface area contributed by atoms with Crippen LogP contribution in [0.25, 0.3) is 0 Å². The summed E-state index contributed by atoms with van der Waals surface area (Å²) < 4.78 is 18.5. The third kappa shape index (κ3) is 3.28. The lowest BCUT2D eigenvalue weighted by Crippen LogP contribution is -2.22. The van der Waals surface area contributed by atoms with Gasteiger partial charge in [-0.2, -0.15) is 0 Å². The summed E-state index contributed by atoms with van der Waals surface area (Å²) in [5.41, 5.74) is 7.73. The molecule has 1 aliphatic rings. The van der Waals surface area contributed by atoms with Crippen molar-refractivity contribution in [3.05, 3.63) is 35.1 Å². The minimum Gasteiger partial charge on any atom is -0.384 e. The Bertz CT molecular complexity index is 397. The molecule has 1 fully saturated rings. The third-order valence-electron chi connectivity index (χ3n) is 3.55. The molecule has 1 aromatic rings. The normalized spacial score (nSPS) is 20.5. The summed E-state index contributed by atoms with van der Waals surface area (Å²) in [7, 11) is 1.74. The second kappa shape index (κ2) is 6.27. The van der Waals surface area contributed by atoms with Gasteiger partial charge in [-0.15, -0.1) is 0 Å². The molecule has 0 aliphatic carbocycles. The van der Waals surface area contributed by atoms with Crippen molar-refractivity contribution in [1.29, 1.82) is 0 Å². The van der Waals surface area contributed by atoms with E-state index in [2.05, 4.69) is 4.90 Å². The predicted octanol–water partition coefficient (Wildman–Crippen LogP) is 1.75. The number of benzene rings is 1. The molecule has 100 valence electrons. The second-order valence-corrected chi connectivity index (χ2v) is 4.96. The highest BCUT2D eigenvalue weighted by Crippen LogP contribution is 2.21. The van der Waals surface area contributed by atoms with E-state index in [4.69, 9.17) is 10.5 Å². The van der Waals surface area contributed by atoms with Crippen molar-refractivity contribution < 1.29 is 9.13 Å². The van der Waals surface area contributed by atoms with Gasteiger partial charge in [0.2, 0.25) is 0 Å². The topological polar surface area (TPSA) is 38.5 Å². The van der Waals surface area contributed by atoms with Gasteiger partial charge in [-0.25, -0.2) is 4.39 Å². The van der Waals surface area contributed by atoms with E-state index in [1.54, 1.807) is 19.2 Å². The standard InChI is InChI=1S/C14H21FN2O/c1-18-10-11-4-5-17(8-11)9-13-6-14(15)3-2-12(13)7-16/h2-3,6,11H,4-5,7-10,16H2,1H3. The van der Waals surface area contributed by atoms with Gasteiger partial charge in [0.1, 0.15) is 5.82 Å². The highest BCUT2D eigenvalue weighted by molar-refractivity contribution is 5.27. The number of likely N-dealkylation sites (tertiary alicyclic amines) is 1. The molecule has 2 N–H and O–H groups in total. The van der Waals surface area contributed by atoms with Crippen LogP contribution in [-0.4, -0.2) is 31.7 Å². The van der Waals surface area contributed by atoms with Crippen LogP contribution in [0.5, 0.6) is 0 Å². The average molecular weight is 252 g/mol. The lowest BCUT2D eigenvalue weighted by Gasteiger charge is -2.18. The lowest BCUT2D eigenvalue weighted by molar-refractivity contribution is 0.152. The van der Waals surface area contributed by atoms with Crippen molar-refractivity contribution in [2.75, 3.05) is 26.8 Å². The molecule has 1 heterocycles. The SMILES string of the molecule is COCC1CCN(Cc2cc(F)ccc2CN)C1. The number of nitrogens with two attached hydrogens (primary N) is 1. The van der Waals surface area contributed by atoms with Gasteiger partial charge in [0.05, 0.1) is 6.61 Å². The number of rotatable bonds is 5. The third-order valence-corrected chi connectivity index (χ3v) is 3.55. The molecule has 1 aliphatic heterocycles. The molecule has 2 rings (SSSR count). The molecule has 1 unspecified atom stereocenters. The Balaban J connectivity index is 1.99. The zero-order valence-electron chi connectivity index (χ0n) is 10.9. The zero-order valence-corrected chi connectivity index (χ0v) is 10.9. The van der Waals surface area contributed by atoms with Crippen LogP contribution in [0.15, 0.2) is 18.2 Å². The van der Waals surface area contributed by atoms with Crippen molar-refractivity contribution in [3.8, 4) is 0 Å². The number of ether oxygens (including phenoxy) is 1. The van der Waals surface area contributed by atoms with Gasteiger partial charge in [0.25, 0.3) is 0 Å². The van der Waals surface area contributed by atoms with E-state index in [-0.39, 0.29) is 5.82 Å². The molecular formula is C14H21FN2O. The van der Waals surface area contributed by atoms with Crippen LogP contribution in [0.2, 0.25) is 0 Å². The van der Waals surface area contributed by atoms with Gasteiger partial charge in [-0.1, -0.05) is 6.07 Å². The fourth-order valence-electron chi connectivity index (χ4n) is 2.61. The van der Waals surface area contributed by atoms with Crippen molar-refractivity contribution in [2.45, 2.75) is 19.5 Å². The second-order valence-electron chi connectivity index (χ2n) is 4.96. The van der Waals surface area contributed by atoms with E-state index in [1.165, 1.54) is 6.07 Å². The molecular weight excluding hydrogens is 231 g/mol. The minimum absolute atomic E-state index is 0.185. The molecule has 0 saturated carbocycles. The highest BCUT2D eigenvalue weighted by Gasteiger charge is 2.22. The molecule has 0 radical (unpaired) electrons. The molecule has 1 aromatic carbocycles. The summed E-state index contributed by atoms with van der Waals surface area (Å²) in [5.74, 6) is 0.416. The van der Waals surface area contributed by atoms with Crippen molar-refractivity contribution in [3.63, 3.8) is 0 Å². The van der Waals surface area contributed by atoms with Crippen LogP contribution >= 0.6 is 0 Å². The Morgan fingerprint density at radius 1 is 1.44 bits per heavy atom. The maximum atomic E-state index is 13.3. The molecule has 0 aromatic heterocycles. The van der Waals surface area contributed by atoms with Gasteiger partial charge < -0.3 is 10.5 Å². The number of nitrogens with zero attached hydrogens (tertiary/aromatic N) is 1. The zero-order chi connectivity index (χ0) is 13.0. The quantitative estimate of drug-likeness (QED) is 0.867. The van der Waals surface area contributed by atoms with Crippen LogP contribution in [0.1, 0.15) is 17.5 Å². The molecule has 0 spiro atoms. The van der Waals surface area contributed by atoms with Crippen LogP contribution in [0.4, 0.5) is 4.39 Å². The van der Waals surface area contributed by atoms with Crippen molar-refractivity contribution >= 4 is 0 Å². The van der Waals surface area contributed by atoms with E-state index < -0.39 is 0 Å². The van der Waals surface area contributed by atoms with Crippen molar-refractivity contribution in [1.82, 2.24) is 4.90 Å². The molecule has 0 bridgehead atoms. The monoisotopic (exact) mass is 252 g/mol. The fourth-order valence-corrected chi connectivity index (χ4v) is 2.61. The first-order valence-electron chi connectivity index (χ1n) is 6.41. The minimum atomic E-state index is -0.185.